The maximum Gasteiger partial charge on any atom is 0.338 e. The van der Waals surface area contributed by atoms with Gasteiger partial charge in [0.2, 0.25) is 0 Å². The molecular weight excluding hydrogens is 357 g/mol. The van der Waals surface area contributed by atoms with Crippen LogP contribution in [-0.2, 0) is 14.3 Å². The molecule has 0 unspecified atom stereocenters. The predicted octanol–water partition coefficient (Wildman–Crippen LogP) is 2.79. The van der Waals surface area contributed by atoms with Crippen LogP contribution in [0, 0.1) is 0 Å². The third-order valence-corrected chi connectivity index (χ3v) is 4.10. The Morgan fingerprint density at radius 3 is 2.25 bits per heavy atom. The van der Waals surface area contributed by atoms with Crippen molar-refractivity contribution >= 4 is 35.1 Å². The van der Waals surface area contributed by atoms with Gasteiger partial charge in [0.05, 0.1) is 34.9 Å². The minimum atomic E-state index is -0.677. The van der Waals surface area contributed by atoms with Gasteiger partial charge >= 0.3 is 5.97 Å². The summed E-state index contributed by atoms with van der Waals surface area (Å²) in [4.78, 5) is 25.9. The molecule has 1 aromatic carbocycles. The number of amides is 1. The Balaban J connectivity index is 1.97. The Bertz CT molecular complexity index is 604. The number of benzene rings is 1. The van der Waals surface area contributed by atoms with Gasteiger partial charge in [-0.05, 0) is 26.0 Å². The Labute approximate surface area is 150 Å². The molecule has 0 aromatic heterocycles. The number of carbonyl (C=O) groups excluding carboxylic acids is 2. The molecule has 8 heteroatoms. The molecule has 1 fully saturated rings. The molecule has 1 aromatic rings. The van der Waals surface area contributed by atoms with Crippen molar-refractivity contribution in [2.75, 3.05) is 26.8 Å². The van der Waals surface area contributed by atoms with Gasteiger partial charge in [-0.3, -0.25) is 4.79 Å². The fourth-order valence-corrected chi connectivity index (χ4v) is 3.20. The lowest BCUT2D eigenvalue weighted by atomic mass is 10.2. The number of morpholine rings is 1. The SMILES string of the molecule is COc1c(Cl)cc(C(=O)OCC(=O)N2C[C@@H](C)O[C@@H](C)C2)cc1Cl. The largest absolute Gasteiger partial charge is 0.494 e. The van der Waals surface area contributed by atoms with Crippen molar-refractivity contribution in [3.05, 3.63) is 27.7 Å². The fourth-order valence-electron chi connectivity index (χ4n) is 2.56. The number of halogens is 2. The van der Waals surface area contributed by atoms with Crippen LogP contribution in [0.25, 0.3) is 0 Å². The first-order valence-electron chi connectivity index (χ1n) is 7.45. The highest BCUT2D eigenvalue weighted by Gasteiger charge is 2.26. The summed E-state index contributed by atoms with van der Waals surface area (Å²) in [6.45, 7) is 4.38. The highest BCUT2D eigenvalue weighted by Crippen LogP contribution is 2.33. The second-order valence-corrected chi connectivity index (χ2v) is 6.42. The molecule has 2 atom stereocenters. The van der Waals surface area contributed by atoms with Gasteiger partial charge in [0.15, 0.2) is 12.4 Å². The highest BCUT2D eigenvalue weighted by atomic mass is 35.5. The van der Waals surface area contributed by atoms with E-state index >= 15 is 0 Å². The Hall–Kier alpha value is -1.50. The van der Waals surface area contributed by atoms with Crippen molar-refractivity contribution in [1.29, 1.82) is 0 Å². The summed E-state index contributed by atoms with van der Waals surface area (Å²) in [5.41, 5.74) is 0.155. The standard InChI is InChI=1S/C16H19Cl2NO5/c1-9-6-19(7-10(2)24-9)14(20)8-23-16(21)11-4-12(17)15(22-3)13(18)5-11/h4-5,9-10H,6-8H2,1-3H3/t9-,10+. The third-order valence-electron chi connectivity index (χ3n) is 3.54. The van der Waals surface area contributed by atoms with Crippen LogP contribution in [0.4, 0.5) is 0 Å². The minimum Gasteiger partial charge on any atom is -0.494 e. The van der Waals surface area contributed by atoms with E-state index in [9.17, 15) is 9.59 Å². The van der Waals surface area contributed by atoms with Gasteiger partial charge < -0.3 is 19.1 Å². The van der Waals surface area contributed by atoms with Gasteiger partial charge in [0, 0.05) is 13.1 Å². The molecule has 1 aliphatic rings. The van der Waals surface area contributed by atoms with Crippen LogP contribution < -0.4 is 4.74 Å². The van der Waals surface area contributed by atoms with Crippen molar-refractivity contribution < 1.29 is 23.8 Å². The maximum atomic E-state index is 12.2. The second kappa shape index (κ2) is 8.05. The summed E-state index contributed by atoms with van der Waals surface area (Å²) < 4.78 is 15.7. The van der Waals surface area contributed by atoms with Gasteiger partial charge in [-0.2, -0.15) is 0 Å². The topological polar surface area (TPSA) is 65.1 Å². The molecule has 0 radical (unpaired) electrons. The Morgan fingerprint density at radius 1 is 1.21 bits per heavy atom. The van der Waals surface area contributed by atoms with E-state index in [-0.39, 0.29) is 46.1 Å². The highest BCUT2D eigenvalue weighted by molar-refractivity contribution is 6.37. The number of ether oxygens (including phenoxy) is 3. The lowest BCUT2D eigenvalue weighted by molar-refractivity contribution is -0.146. The smallest absolute Gasteiger partial charge is 0.338 e. The van der Waals surface area contributed by atoms with Crippen LogP contribution in [0.5, 0.6) is 5.75 Å². The van der Waals surface area contributed by atoms with E-state index < -0.39 is 5.97 Å². The van der Waals surface area contributed by atoms with Gasteiger partial charge in [-0.1, -0.05) is 23.2 Å². The molecule has 1 amide bonds. The van der Waals surface area contributed by atoms with Crippen molar-refractivity contribution in [1.82, 2.24) is 4.90 Å². The lowest BCUT2D eigenvalue weighted by Gasteiger charge is -2.35. The lowest BCUT2D eigenvalue weighted by Crippen LogP contribution is -2.49. The number of esters is 1. The summed E-state index contributed by atoms with van der Waals surface area (Å²) in [6, 6.07) is 2.77. The number of methoxy groups -OCH3 is 1. The predicted molar refractivity (Wildman–Crippen MR) is 89.9 cm³/mol. The molecule has 1 aliphatic heterocycles. The van der Waals surface area contributed by atoms with E-state index in [4.69, 9.17) is 37.4 Å². The fraction of sp³-hybridized carbons (Fsp3) is 0.500. The van der Waals surface area contributed by atoms with E-state index in [1.807, 2.05) is 13.8 Å². The second-order valence-electron chi connectivity index (χ2n) is 5.61. The summed E-state index contributed by atoms with van der Waals surface area (Å²) in [5, 5.41) is 0.387. The average molecular weight is 376 g/mol. The number of hydrogen-bond donors (Lipinski definition) is 0. The third kappa shape index (κ3) is 4.53. The molecule has 6 nitrogen and oxygen atoms in total. The first-order chi connectivity index (χ1) is 11.3. The average Bonchev–Trinajstić information content (AvgIpc) is 2.50. The van der Waals surface area contributed by atoms with Gasteiger partial charge in [-0.25, -0.2) is 4.79 Å². The normalized spacial score (nSPS) is 20.6. The van der Waals surface area contributed by atoms with Crippen LogP contribution in [0.15, 0.2) is 12.1 Å². The molecule has 1 heterocycles. The summed E-state index contributed by atoms with van der Waals surface area (Å²) in [6.07, 6.45) is -0.0970. The molecule has 2 rings (SSSR count). The molecule has 1 saturated heterocycles. The van der Waals surface area contributed by atoms with Gasteiger partial charge in [-0.15, -0.1) is 0 Å². The monoisotopic (exact) mass is 375 g/mol. The van der Waals surface area contributed by atoms with E-state index in [0.29, 0.717) is 13.1 Å². The first-order valence-corrected chi connectivity index (χ1v) is 8.20. The van der Waals surface area contributed by atoms with Crippen LogP contribution in [0.3, 0.4) is 0 Å². The number of hydrogen-bond acceptors (Lipinski definition) is 5. The summed E-state index contributed by atoms with van der Waals surface area (Å²) in [5.74, 6) is -0.664. The van der Waals surface area contributed by atoms with E-state index in [1.54, 1.807) is 4.90 Å². The Kier molecular flexibility index (Phi) is 6.32. The summed E-state index contributed by atoms with van der Waals surface area (Å²) in [7, 11) is 1.42. The number of rotatable bonds is 4. The van der Waals surface area contributed by atoms with Crippen LogP contribution >= 0.6 is 23.2 Å². The van der Waals surface area contributed by atoms with Crippen molar-refractivity contribution in [2.24, 2.45) is 0 Å². The molecule has 24 heavy (non-hydrogen) atoms. The molecule has 0 N–H and O–H groups in total. The van der Waals surface area contributed by atoms with Crippen molar-refractivity contribution in [3.8, 4) is 5.75 Å². The molecule has 0 saturated carbocycles. The zero-order valence-electron chi connectivity index (χ0n) is 13.7. The zero-order chi connectivity index (χ0) is 17.9. The van der Waals surface area contributed by atoms with Crippen molar-refractivity contribution in [3.63, 3.8) is 0 Å². The molecule has 0 spiro atoms. The zero-order valence-corrected chi connectivity index (χ0v) is 15.2. The van der Waals surface area contributed by atoms with Crippen LogP contribution in [-0.4, -0.2) is 55.8 Å². The molecule has 0 aliphatic carbocycles. The van der Waals surface area contributed by atoms with Gasteiger partial charge in [0.1, 0.15) is 0 Å². The maximum absolute atomic E-state index is 12.2. The van der Waals surface area contributed by atoms with E-state index in [1.165, 1.54) is 19.2 Å². The summed E-state index contributed by atoms with van der Waals surface area (Å²) >= 11 is 12.0. The number of nitrogens with zero attached hydrogens (tertiary/aromatic N) is 1. The minimum absolute atomic E-state index is 0.0485. The van der Waals surface area contributed by atoms with Crippen molar-refractivity contribution in [2.45, 2.75) is 26.1 Å². The van der Waals surface area contributed by atoms with Crippen LogP contribution in [0.2, 0.25) is 10.0 Å². The van der Waals surface area contributed by atoms with E-state index in [0.717, 1.165) is 0 Å². The van der Waals surface area contributed by atoms with Crippen LogP contribution in [0.1, 0.15) is 24.2 Å². The molecule has 132 valence electrons. The number of carbonyl (C=O) groups is 2. The quantitative estimate of drug-likeness (QED) is 0.757. The van der Waals surface area contributed by atoms with Gasteiger partial charge in [0.25, 0.3) is 5.91 Å². The molecule has 0 bridgehead atoms. The first kappa shape index (κ1) is 18.8. The van der Waals surface area contributed by atoms with E-state index in [2.05, 4.69) is 0 Å². The Morgan fingerprint density at radius 2 is 1.75 bits per heavy atom. The molecular formula is C16H19Cl2NO5.